The predicted molar refractivity (Wildman–Crippen MR) is 74.4 cm³/mol. The van der Waals surface area contributed by atoms with Crippen LogP contribution in [0.4, 0.5) is 10.1 Å². The van der Waals surface area contributed by atoms with E-state index in [1.807, 2.05) is 6.07 Å². The highest BCUT2D eigenvalue weighted by atomic mass is 19.1. The van der Waals surface area contributed by atoms with Gasteiger partial charge >= 0.3 is 0 Å². The predicted octanol–water partition coefficient (Wildman–Crippen LogP) is 4.43. The molecule has 1 nitrogen and oxygen atoms in total. The van der Waals surface area contributed by atoms with Gasteiger partial charge in [-0.25, -0.2) is 4.39 Å². The molecule has 0 bridgehead atoms. The summed E-state index contributed by atoms with van der Waals surface area (Å²) in [5.41, 5.74) is 2.33. The average Bonchev–Trinajstić information content (AvgIpc) is 2.42. The molecule has 1 unspecified atom stereocenters. The lowest BCUT2D eigenvalue weighted by molar-refractivity contribution is 0.628. The van der Waals surface area contributed by atoms with Crippen molar-refractivity contribution in [3.8, 4) is 0 Å². The maximum Gasteiger partial charge on any atom is 0.123 e. The van der Waals surface area contributed by atoms with Crippen LogP contribution in [0.1, 0.15) is 24.8 Å². The maximum absolute atomic E-state index is 12.7. The largest absolute Gasteiger partial charge is 0.385 e. The zero-order chi connectivity index (χ0) is 12.8. The summed E-state index contributed by atoms with van der Waals surface area (Å²) in [6, 6.07) is 17.0. The second kappa shape index (κ2) is 6.20. The van der Waals surface area contributed by atoms with E-state index in [4.69, 9.17) is 0 Å². The molecule has 2 aromatic carbocycles. The monoisotopic (exact) mass is 243 g/mol. The summed E-state index contributed by atoms with van der Waals surface area (Å²) >= 11 is 0. The second-order valence-electron chi connectivity index (χ2n) is 4.53. The molecule has 0 saturated carbocycles. The lowest BCUT2D eigenvalue weighted by Gasteiger charge is -2.13. The van der Waals surface area contributed by atoms with Crippen molar-refractivity contribution in [2.24, 2.45) is 0 Å². The number of rotatable bonds is 5. The fourth-order valence-corrected chi connectivity index (χ4v) is 1.95. The quantitative estimate of drug-likeness (QED) is 0.819. The van der Waals surface area contributed by atoms with Crippen LogP contribution in [0.3, 0.4) is 0 Å². The van der Waals surface area contributed by atoms with Crippen LogP contribution in [-0.2, 0) is 0 Å². The van der Waals surface area contributed by atoms with Crippen molar-refractivity contribution in [1.29, 1.82) is 0 Å². The molecule has 0 aliphatic heterocycles. The Morgan fingerprint density at radius 2 is 1.67 bits per heavy atom. The van der Waals surface area contributed by atoms with Crippen molar-refractivity contribution in [3.05, 3.63) is 66.0 Å². The molecule has 0 aliphatic rings. The zero-order valence-electron chi connectivity index (χ0n) is 10.6. The molecule has 0 aliphatic carbocycles. The van der Waals surface area contributed by atoms with Crippen molar-refractivity contribution >= 4 is 5.69 Å². The molecule has 0 spiro atoms. The van der Waals surface area contributed by atoms with Gasteiger partial charge in [-0.2, -0.15) is 0 Å². The van der Waals surface area contributed by atoms with Gasteiger partial charge in [-0.05, 0) is 42.2 Å². The highest BCUT2D eigenvalue weighted by Gasteiger charge is 2.04. The molecular weight excluding hydrogens is 225 g/mol. The molecule has 18 heavy (non-hydrogen) atoms. The highest BCUT2D eigenvalue weighted by Crippen LogP contribution is 2.18. The van der Waals surface area contributed by atoms with Gasteiger partial charge in [0.05, 0.1) is 0 Å². The number of halogens is 1. The molecule has 0 heterocycles. The van der Waals surface area contributed by atoms with Gasteiger partial charge in [-0.3, -0.25) is 0 Å². The van der Waals surface area contributed by atoms with Crippen molar-refractivity contribution in [1.82, 2.24) is 0 Å². The fourth-order valence-electron chi connectivity index (χ4n) is 1.95. The molecule has 0 fully saturated rings. The summed E-state index contributed by atoms with van der Waals surface area (Å²) < 4.78 is 12.7. The molecule has 1 N–H and O–H groups in total. The minimum absolute atomic E-state index is 0.196. The number of hydrogen-bond donors (Lipinski definition) is 1. The molecule has 2 aromatic rings. The lowest BCUT2D eigenvalue weighted by Crippen LogP contribution is -2.05. The van der Waals surface area contributed by atoms with Gasteiger partial charge in [0.1, 0.15) is 5.82 Å². The summed E-state index contributed by atoms with van der Waals surface area (Å²) in [4.78, 5) is 0. The van der Waals surface area contributed by atoms with E-state index in [0.29, 0.717) is 5.92 Å². The molecule has 2 rings (SSSR count). The average molecular weight is 243 g/mol. The molecule has 0 radical (unpaired) electrons. The third-order valence-electron chi connectivity index (χ3n) is 3.12. The molecule has 0 saturated heterocycles. The van der Waals surface area contributed by atoms with Gasteiger partial charge in [0.25, 0.3) is 0 Å². The third kappa shape index (κ3) is 3.59. The van der Waals surface area contributed by atoms with E-state index in [0.717, 1.165) is 18.7 Å². The third-order valence-corrected chi connectivity index (χ3v) is 3.12. The first-order valence-corrected chi connectivity index (χ1v) is 6.30. The normalized spacial score (nSPS) is 12.1. The first kappa shape index (κ1) is 12.6. The van der Waals surface area contributed by atoms with Crippen LogP contribution in [-0.4, -0.2) is 6.54 Å². The minimum atomic E-state index is -0.196. The molecule has 0 aromatic heterocycles. The Hall–Kier alpha value is -1.83. The topological polar surface area (TPSA) is 12.0 Å². The van der Waals surface area contributed by atoms with E-state index in [1.165, 1.54) is 17.7 Å². The van der Waals surface area contributed by atoms with Crippen molar-refractivity contribution in [3.63, 3.8) is 0 Å². The zero-order valence-corrected chi connectivity index (χ0v) is 10.6. The van der Waals surface area contributed by atoms with E-state index in [2.05, 4.69) is 36.5 Å². The molecule has 94 valence electrons. The van der Waals surface area contributed by atoms with Crippen molar-refractivity contribution < 1.29 is 4.39 Å². The van der Waals surface area contributed by atoms with Gasteiger partial charge in [-0.1, -0.05) is 37.3 Å². The van der Waals surface area contributed by atoms with E-state index < -0.39 is 0 Å². The van der Waals surface area contributed by atoms with Crippen LogP contribution in [0.5, 0.6) is 0 Å². The van der Waals surface area contributed by atoms with E-state index in [-0.39, 0.29) is 5.82 Å². The van der Waals surface area contributed by atoms with Crippen LogP contribution >= 0.6 is 0 Å². The Bertz CT molecular complexity index is 464. The van der Waals surface area contributed by atoms with Crippen LogP contribution in [0.15, 0.2) is 54.6 Å². The number of nitrogens with one attached hydrogen (secondary N) is 1. The summed E-state index contributed by atoms with van der Waals surface area (Å²) in [5, 5.41) is 3.31. The first-order valence-electron chi connectivity index (χ1n) is 6.30. The lowest BCUT2D eigenvalue weighted by atomic mass is 9.98. The number of anilines is 1. The van der Waals surface area contributed by atoms with E-state index in [9.17, 15) is 4.39 Å². The van der Waals surface area contributed by atoms with Crippen LogP contribution in [0, 0.1) is 5.82 Å². The minimum Gasteiger partial charge on any atom is -0.385 e. The molecule has 1 atom stereocenters. The summed E-state index contributed by atoms with van der Waals surface area (Å²) in [6.45, 7) is 3.11. The smallest absolute Gasteiger partial charge is 0.123 e. The van der Waals surface area contributed by atoms with E-state index >= 15 is 0 Å². The summed E-state index contributed by atoms with van der Waals surface area (Å²) in [6.07, 6.45) is 1.06. The first-order chi connectivity index (χ1) is 8.75. The Labute approximate surface area is 108 Å². The van der Waals surface area contributed by atoms with Crippen LogP contribution < -0.4 is 5.32 Å². The standard InChI is InChI=1S/C16H18FN/c1-13(14-5-3-2-4-6-14)11-12-18-16-9-7-15(17)8-10-16/h2-10,13,18H,11-12H2,1H3. The van der Waals surface area contributed by atoms with Crippen LogP contribution in [0.2, 0.25) is 0 Å². The van der Waals surface area contributed by atoms with Crippen molar-refractivity contribution in [2.45, 2.75) is 19.3 Å². The SMILES string of the molecule is CC(CCNc1ccc(F)cc1)c1ccccc1. The molecular formula is C16H18FN. The Morgan fingerprint density at radius 1 is 1.00 bits per heavy atom. The molecule has 0 amide bonds. The van der Waals surface area contributed by atoms with Crippen LogP contribution in [0.25, 0.3) is 0 Å². The van der Waals surface area contributed by atoms with Gasteiger partial charge < -0.3 is 5.32 Å². The Morgan fingerprint density at radius 3 is 2.33 bits per heavy atom. The highest BCUT2D eigenvalue weighted by molar-refractivity contribution is 5.42. The van der Waals surface area contributed by atoms with Gasteiger partial charge in [0.15, 0.2) is 0 Å². The summed E-state index contributed by atoms with van der Waals surface area (Å²) in [7, 11) is 0. The van der Waals surface area contributed by atoms with Crippen molar-refractivity contribution in [2.75, 3.05) is 11.9 Å². The fraction of sp³-hybridized carbons (Fsp3) is 0.250. The van der Waals surface area contributed by atoms with E-state index in [1.54, 1.807) is 12.1 Å². The number of hydrogen-bond acceptors (Lipinski definition) is 1. The Kier molecular flexibility index (Phi) is 4.35. The number of benzene rings is 2. The van der Waals surface area contributed by atoms with Gasteiger partial charge in [0, 0.05) is 12.2 Å². The Balaban J connectivity index is 1.80. The molecule has 2 heteroatoms. The second-order valence-corrected chi connectivity index (χ2v) is 4.53. The van der Waals surface area contributed by atoms with Gasteiger partial charge in [0.2, 0.25) is 0 Å². The van der Waals surface area contributed by atoms with Gasteiger partial charge in [-0.15, -0.1) is 0 Å². The summed E-state index contributed by atoms with van der Waals surface area (Å²) in [5.74, 6) is 0.331. The maximum atomic E-state index is 12.7.